The SMILES string of the molecule is NCc1cccc(Nc2ccc(-c3ccc[nH]3)nn2)c1. The van der Waals surface area contributed by atoms with Gasteiger partial charge in [0.25, 0.3) is 0 Å². The number of nitrogens with zero attached hydrogens (tertiary/aromatic N) is 2. The number of benzene rings is 1. The molecule has 0 radical (unpaired) electrons. The second-order valence-corrected chi connectivity index (χ2v) is 4.42. The number of H-pyrrole nitrogens is 1. The molecule has 2 heterocycles. The van der Waals surface area contributed by atoms with E-state index in [2.05, 4.69) is 20.5 Å². The van der Waals surface area contributed by atoms with E-state index in [0.29, 0.717) is 12.4 Å². The first-order valence-electron chi connectivity index (χ1n) is 6.39. The van der Waals surface area contributed by atoms with Crippen LogP contribution in [0.25, 0.3) is 11.4 Å². The number of aromatic amines is 1. The minimum atomic E-state index is 0.521. The van der Waals surface area contributed by atoms with Gasteiger partial charge >= 0.3 is 0 Å². The normalized spacial score (nSPS) is 10.4. The molecule has 0 unspecified atom stereocenters. The Morgan fingerprint density at radius 1 is 1.05 bits per heavy atom. The van der Waals surface area contributed by atoms with E-state index >= 15 is 0 Å². The molecule has 0 atom stereocenters. The molecule has 2 aromatic heterocycles. The summed E-state index contributed by atoms with van der Waals surface area (Å²) in [4.78, 5) is 3.10. The fraction of sp³-hybridized carbons (Fsp3) is 0.0667. The minimum absolute atomic E-state index is 0.521. The summed E-state index contributed by atoms with van der Waals surface area (Å²) in [6.45, 7) is 0.521. The molecule has 0 aliphatic heterocycles. The number of aromatic nitrogens is 3. The average Bonchev–Trinajstić information content (AvgIpc) is 3.02. The molecular weight excluding hydrogens is 250 g/mol. The van der Waals surface area contributed by atoms with E-state index in [0.717, 1.165) is 22.6 Å². The minimum Gasteiger partial charge on any atom is -0.360 e. The monoisotopic (exact) mass is 265 g/mol. The largest absolute Gasteiger partial charge is 0.360 e. The van der Waals surface area contributed by atoms with Crippen LogP contribution in [0.3, 0.4) is 0 Å². The maximum Gasteiger partial charge on any atom is 0.153 e. The highest BCUT2D eigenvalue weighted by Crippen LogP contribution is 2.18. The summed E-state index contributed by atoms with van der Waals surface area (Å²) in [5.74, 6) is 0.703. The lowest BCUT2D eigenvalue weighted by molar-refractivity contribution is 1.03. The van der Waals surface area contributed by atoms with Crippen molar-refractivity contribution in [3.05, 3.63) is 60.3 Å². The van der Waals surface area contributed by atoms with Crippen molar-refractivity contribution in [2.75, 3.05) is 5.32 Å². The van der Waals surface area contributed by atoms with Gasteiger partial charge in [0.2, 0.25) is 0 Å². The number of nitrogens with two attached hydrogens (primary N) is 1. The second-order valence-electron chi connectivity index (χ2n) is 4.42. The predicted octanol–water partition coefficient (Wildman–Crippen LogP) is 2.67. The summed E-state index contributed by atoms with van der Waals surface area (Å²) in [6, 6.07) is 15.6. The summed E-state index contributed by atoms with van der Waals surface area (Å²) in [5, 5.41) is 11.6. The highest BCUT2D eigenvalue weighted by atomic mass is 15.2. The molecule has 1 aromatic carbocycles. The molecule has 0 saturated carbocycles. The van der Waals surface area contributed by atoms with Crippen LogP contribution < -0.4 is 11.1 Å². The smallest absolute Gasteiger partial charge is 0.153 e. The topological polar surface area (TPSA) is 79.6 Å². The average molecular weight is 265 g/mol. The zero-order chi connectivity index (χ0) is 13.8. The standard InChI is InChI=1S/C15H15N5/c16-10-11-3-1-4-12(9-11)18-15-7-6-14(19-20-15)13-5-2-8-17-13/h1-9,17H,10,16H2,(H,18,20). The molecule has 0 amide bonds. The number of rotatable bonds is 4. The number of hydrogen-bond acceptors (Lipinski definition) is 4. The molecule has 4 N–H and O–H groups in total. The van der Waals surface area contributed by atoms with Crippen molar-refractivity contribution in [1.82, 2.24) is 15.2 Å². The molecular formula is C15H15N5. The first kappa shape index (κ1) is 12.4. The van der Waals surface area contributed by atoms with Crippen molar-refractivity contribution < 1.29 is 0 Å². The van der Waals surface area contributed by atoms with Gasteiger partial charge in [-0.2, -0.15) is 0 Å². The summed E-state index contributed by atoms with van der Waals surface area (Å²) in [5.41, 5.74) is 9.42. The molecule has 0 aliphatic carbocycles. The Morgan fingerprint density at radius 2 is 2.00 bits per heavy atom. The lowest BCUT2D eigenvalue weighted by Crippen LogP contribution is -1.99. The van der Waals surface area contributed by atoms with Crippen LogP contribution in [0, 0.1) is 0 Å². The number of hydrogen-bond donors (Lipinski definition) is 3. The molecule has 0 aliphatic rings. The molecule has 3 rings (SSSR count). The third-order valence-electron chi connectivity index (χ3n) is 2.97. The van der Waals surface area contributed by atoms with Gasteiger partial charge in [-0.05, 0) is 42.0 Å². The van der Waals surface area contributed by atoms with Crippen LogP contribution in [-0.2, 0) is 6.54 Å². The molecule has 20 heavy (non-hydrogen) atoms. The molecule has 0 spiro atoms. The molecule has 0 bridgehead atoms. The van der Waals surface area contributed by atoms with Gasteiger partial charge in [0.15, 0.2) is 5.82 Å². The van der Waals surface area contributed by atoms with Gasteiger partial charge in [0.05, 0.1) is 5.69 Å². The van der Waals surface area contributed by atoms with Crippen LogP contribution in [0.1, 0.15) is 5.56 Å². The fourth-order valence-corrected chi connectivity index (χ4v) is 1.96. The fourth-order valence-electron chi connectivity index (χ4n) is 1.96. The van der Waals surface area contributed by atoms with Crippen LogP contribution >= 0.6 is 0 Å². The predicted molar refractivity (Wildman–Crippen MR) is 79.4 cm³/mol. The lowest BCUT2D eigenvalue weighted by Gasteiger charge is -2.06. The summed E-state index contributed by atoms with van der Waals surface area (Å²) in [6.07, 6.45) is 1.86. The Morgan fingerprint density at radius 3 is 2.70 bits per heavy atom. The molecule has 0 saturated heterocycles. The zero-order valence-electron chi connectivity index (χ0n) is 10.9. The molecule has 0 fully saturated rings. The van der Waals surface area contributed by atoms with E-state index in [9.17, 15) is 0 Å². The van der Waals surface area contributed by atoms with E-state index in [1.165, 1.54) is 0 Å². The van der Waals surface area contributed by atoms with E-state index < -0.39 is 0 Å². The Kier molecular flexibility index (Phi) is 3.43. The van der Waals surface area contributed by atoms with Crippen LogP contribution in [0.4, 0.5) is 11.5 Å². The Labute approximate surface area is 116 Å². The first-order valence-corrected chi connectivity index (χ1v) is 6.39. The van der Waals surface area contributed by atoms with Gasteiger partial charge in [-0.1, -0.05) is 12.1 Å². The van der Waals surface area contributed by atoms with Crippen molar-refractivity contribution in [3.63, 3.8) is 0 Å². The maximum atomic E-state index is 5.63. The summed E-state index contributed by atoms with van der Waals surface area (Å²) in [7, 11) is 0. The van der Waals surface area contributed by atoms with E-state index in [1.54, 1.807) is 0 Å². The molecule has 5 heteroatoms. The maximum absolute atomic E-state index is 5.63. The van der Waals surface area contributed by atoms with Crippen LogP contribution in [0.5, 0.6) is 0 Å². The van der Waals surface area contributed by atoms with Crippen molar-refractivity contribution in [2.45, 2.75) is 6.54 Å². The van der Waals surface area contributed by atoms with E-state index in [4.69, 9.17) is 5.73 Å². The van der Waals surface area contributed by atoms with E-state index in [1.807, 2.05) is 54.7 Å². The van der Waals surface area contributed by atoms with Gasteiger partial charge in [0, 0.05) is 18.4 Å². The Hall–Kier alpha value is -2.66. The second kappa shape index (κ2) is 5.54. The third-order valence-corrected chi connectivity index (χ3v) is 2.97. The highest BCUT2D eigenvalue weighted by molar-refractivity contribution is 5.59. The van der Waals surface area contributed by atoms with Crippen LogP contribution in [0.15, 0.2) is 54.7 Å². The van der Waals surface area contributed by atoms with Gasteiger partial charge in [-0.3, -0.25) is 0 Å². The van der Waals surface area contributed by atoms with Crippen molar-refractivity contribution in [1.29, 1.82) is 0 Å². The Bertz CT molecular complexity index is 674. The summed E-state index contributed by atoms with van der Waals surface area (Å²) >= 11 is 0. The lowest BCUT2D eigenvalue weighted by atomic mass is 10.2. The van der Waals surface area contributed by atoms with Gasteiger partial charge in [-0.15, -0.1) is 10.2 Å². The zero-order valence-corrected chi connectivity index (χ0v) is 10.9. The van der Waals surface area contributed by atoms with Crippen LogP contribution in [0.2, 0.25) is 0 Å². The van der Waals surface area contributed by atoms with Crippen molar-refractivity contribution in [2.24, 2.45) is 5.73 Å². The molecule has 100 valence electrons. The van der Waals surface area contributed by atoms with Gasteiger partial charge < -0.3 is 16.0 Å². The van der Waals surface area contributed by atoms with Gasteiger partial charge in [0.1, 0.15) is 5.69 Å². The van der Waals surface area contributed by atoms with Crippen molar-refractivity contribution >= 4 is 11.5 Å². The van der Waals surface area contributed by atoms with Crippen molar-refractivity contribution in [3.8, 4) is 11.4 Å². The third kappa shape index (κ3) is 2.67. The molecule has 5 nitrogen and oxygen atoms in total. The number of nitrogens with one attached hydrogen (secondary N) is 2. The number of anilines is 2. The quantitative estimate of drug-likeness (QED) is 0.677. The first-order chi connectivity index (χ1) is 9.85. The van der Waals surface area contributed by atoms with Crippen LogP contribution in [-0.4, -0.2) is 15.2 Å². The van der Waals surface area contributed by atoms with Gasteiger partial charge in [-0.25, -0.2) is 0 Å². The molecule has 3 aromatic rings. The highest BCUT2D eigenvalue weighted by Gasteiger charge is 2.02. The summed E-state index contributed by atoms with van der Waals surface area (Å²) < 4.78 is 0. The van der Waals surface area contributed by atoms with E-state index in [-0.39, 0.29) is 0 Å². The Balaban J connectivity index is 1.78.